The number of aromatic nitrogens is 2. The van der Waals surface area contributed by atoms with E-state index in [1.54, 1.807) is 18.3 Å². The lowest BCUT2D eigenvalue weighted by Gasteiger charge is -2.07. The molecular weight excluding hydrogens is 266 g/mol. The Bertz CT molecular complexity index is 623. The maximum atomic E-state index is 11.6. The Morgan fingerprint density at radius 2 is 2.11 bits per heavy atom. The van der Waals surface area contributed by atoms with Gasteiger partial charge < -0.3 is 4.42 Å². The van der Waals surface area contributed by atoms with Crippen LogP contribution < -0.4 is 4.72 Å². The Morgan fingerprint density at radius 3 is 2.79 bits per heavy atom. The van der Waals surface area contributed by atoms with Crippen LogP contribution in [0, 0.1) is 0 Å². The van der Waals surface area contributed by atoms with E-state index in [2.05, 4.69) is 14.7 Å². The third kappa shape index (κ3) is 3.62. The van der Waals surface area contributed by atoms with Crippen molar-refractivity contribution in [1.82, 2.24) is 14.7 Å². The van der Waals surface area contributed by atoms with Gasteiger partial charge in [0.2, 0.25) is 10.0 Å². The van der Waals surface area contributed by atoms with Crippen molar-refractivity contribution in [2.24, 2.45) is 0 Å². The van der Waals surface area contributed by atoms with E-state index in [0.717, 1.165) is 0 Å². The molecule has 0 saturated carbocycles. The van der Waals surface area contributed by atoms with E-state index in [9.17, 15) is 8.42 Å². The number of hydrogen-bond acceptors (Lipinski definition) is 5. The fourth-order valence-electron chi connectivity index (χ4n) is 1.63. The molecule has 7 heteroatoms. The molecule has 0 saturated heterocycles. The van der Waals surface area contributed by atoms with E-state index >= 15 is 0 Å². The molecule has 1 N–H and O–H groups in total. The number of nitrogens with one attached hydrogen (secondary N) is 1. The predicted octanol–water partition coefficient (Wildman–Crippen LogP) is 1.57. The van der Waals surface area contributed by atoms with Crippen LogP contribution >= 0.6 is 0 Å². The minimum Gasteiger partial charge on any atom is -0.463 e. The van der Waals surface area contributed by atoms with Crippen molar-refractivity contribution in [3.63, 3.8) is 0 Å². The van der Waals surface area contributed by atoms with Crippen LogP contribution in [0.15, 0.2) is 35.2 Å². The van der Waals surface area contributed by atoms with Gasteiger partial charge in [-0.15, -0.1) is 0 Å². The van der Waals surface area contributed by atoms with Gasteiger partial charge in [0, 0.05) is 12.4 Å². The maximum absolute atomic E-state index is 11.6. The molecule has 0 aliphatic rings. The largest absolute Gasteiger partial charge is 0.463 e. The second-order valence-corrected chi connectivity index (χ2v) is 5.90. The van der Waals surface area contributed by atoms with Crippen LogP contribution in [-0.2, 0) is 16.6 Å². The molecule has 0 amide bonds. The fraction of sp³-hybridized carbons (Fsp3) is 0.333. The molecule has 0 bridgehead atoms. The standard InChI is InChI=1S/C12H15N3O3S/c1-2-8-19(16,17)15-9-10-12(14-6-5-13-10)11-4-3-7-18-11/h3-7,15H,2,8-9H2,1H3. The Labute approximate surface area is 111 Å². The summed E-state index contributed by atoms with van der Waals surface area (Å²) in [6.07, 6.45) is 5.17. The Kier molecular flexibility index (Phi) is 4.28. The van der Waals surface area contributed by atoms with Gasteiger partial charge >= 0.3 is 0 Å². The van der Waals surface area contributed by atoms with Gasteiger partial charge in [-0.3, -0.25) is 4.98 Å². The van der Waals surface area contributed by atoms with E-state index in [1.807, 2.05) is 6.92 Å². The van der Waals surface area contributed by atoms with Gasteiger partial charge in [-0.05, 0) is 18.6 Å². The minimum absolute atomic E-state index is 0.101. The molecule has 6 nitrogen and oxygen atoms in total. The van der Waals surface area contributed by atoms with Crippen molar-refractivity contribution in [1.29, 1.82) is 0 Å². The Hall–Kier alpha value is -1.73. The molecule has 0 aliphatic heterocycles. The van der Waals surface area contributed by atoms with Crippen LogP contribution in [0.1, 0.15) is 19.0 Å². The van der Waals surface area contributed by atoms with Crippen LogP contribution in [0.2, 0.25) is 0 Å². The zero-order valence-corrected chi connectivity index (χ0v) is 11.4. The second-order valence-electron chi connectivity index (χ2n) is 3.97. The van der Waals surface area contributed by atoms with Gasteiger partial charge in [0.1, 0.15) is 5.69 Å². The van der Waals surface area contributed by atoms with Crippen LogP contribution in [0.3, 0.4) is 0 Å². The first-order valence-electron chi connectivity index (χ1n) is 5.93. The van der Waals surface area contributed by atoms with Gasteiger partial charge in [0.15, 0.2) is 5.76 Å². The van der Waals surface area contributed by atoms with Crippen molar-refractivity contribution in [3.8, 4) is 11.5 Å². The van der Waals surface area contributed by atoms with Gasteiger partial charge in [0.25, 0.3) is 0 Å². The first-order valence-corrected chi connectivity index (χ1v) is 7.58. The van der Waals surface area contributed by atoms with Crippen LogP contribution in [-0.4, -0.2) is 24.1 Å². The van der Waals surface area contributed by atoms with Gasteiger partial charge in [-0.25, -0.2) is 18.1 Å². The summed E-state index contributed by atoms with van der Waals surface area (Å²) in [4.78, 5) is 8.33. The smallest absolute Gasteiger partial charge is 0.211 e. The third-order valence-corrected chi connectivity index (χ3v) is 3.99. The summed E-state index contributed by atoms with van der Waals surface area (Å²) in [6, 6.07) is 3.50. The van der Waals surface area contributed by atoms with E-state index in [4.69, 9.17) is 4.42 Å². The molecule has 2 rings (SSSR count). The van der Waals surface area contributed by atoms with Crippen molar-refractivity contribution in [2.75, 3.05) is 5.75 Å². The first kappa shape index (κ1) is 13.7. The Balaban J connectivity index is 2.18. The number of nitrogens with zero attached hydrogens (tertiary/aromatic N) is 2. The highest BCUT2D eigenvalue weighted by atomic mass is 32.2. The van der Waals surface area contributed by atoms with E-state index < -0.39 is 10.0 Å². The summed E-state index contributed by atoms with van der Waals surface area (Å²) in [5.74, 6) is 0.668. The molecule has 2 aromatic heterocycles. The molecule has 0 spiro atoms. The molecule has 0 radical (unpaired) electrons. The number of furan rings is 1. The summed E-state index contributed by atoms with van der Waals surface area (Å²) in [6.45, 7) is 1.92. The molecule has 102 valence electrons. The fourth-order valence-corrected chi connectivity index (χ4v) is 2.67. The summed E-state index contributed by atoms with van der Waals surface area (Å²) in [5.41, 5.74) is 1.09. The van der Waals surface area contributed by atoms with Crippen molar-refractivity contribution in [2.45, 2.75) is 19.9 Å². The lowest BCUT2D eigenvalue weighted by molar-refractivity contribution is 0.573. The number of rotatable bonds is 6. The highest BCUT2D eigenvalue weighted by Gasteiger charge is 2.13. The van der Waals surface area contributed by atoms with Gasteiger partial charge in [-0.1, -0.05) is 6.92 Å². The SMILES string of the molecule is CCCS(=O)(=O)NCc1nccnc1-c1ccco1. The molecule has 19 heavy (non-hydrogen) atoms. The highest BCUT2D eigenvalue weighted by Crippen LogP contribution is 2.19. The quantitative estimate of drug-likeness (QED) is 0.868. The highest BCUT2D eigenvalue weighted by molar-refractivity contribution is 7.89. The topological polar surface area (TPSA) is 85.1 Å². The zero-order chi connectivity index (χ0) is 13.7. The van der Waals surface area contributed by atoms with Crippen LogP contribution in [0.4, 0.5) is 0 Å². The summed E-state index contributed by atoms with van der Waals surface area (Å²) in [5, 5.41) is 0. The lowest BCUT2D eigenvalue weighted by Crippen LogP contribution is -2.26. The number of hydrogen-bond donors (Lipinski definition) is 1. The lowest BCUT2D eigenvalue weighted by atomic mass is 10.2. The molecule has 0 atom stereocenters. The third-order valence-electron chi connectivity index (χ3n) is 2.46. The molecule has 0 fully saturated rings. The normalized spacial score (nSPS) is 11.6. The maximum Gasteiger partial charge on any atom is 0.211 e. The zero-order valence-electron chi connectivity index (χ0n) is 10.5. The van der Waals surface area contributed by atoms with Crippen molar-refractivity contribution < 1.29 is 12.8 Å². The number of sulfonamides is 1. The summed E-state index contributed by atoms with van der Waals surface area (Å²) < 4.78 is 31.0. The average Bonchev–Trinajstić information content (AvgIpc) is 2.90. The van der Waals surface area contributed by atoms with Crippen LogP contribution in [0.5, 0.6) is 0 Å². The van der Waals surface area contributed by atoms with Crippen molar-refractivity contribution >= 4 is 10.0 Å². The molecule has 0 aromatic carbocycles. The molecule has 2 aromatic rings. The summed E-state index contributed by atoms with van der Waals surface area (Å²) in [7, 11) is -3.26. The van der Waals surface area contributed by atoms with E-state index in [-0.39, 0.29) is 12.3 Å². The minimum atomic E-state index is -3.26. The molecular formula is C12H15N3O3S. The van der Waals surface area contributed by atoms with Gasteiger partial charge in [0.05, 0.1) is 24.3 Å². The average molecular weight is 281 g/mol. The molecule has 2 heterocycles. The molecule has 0 unspecified atom stereocenters. The van der Waals surface area contributed by atoms with E-state index in [1.165, 1.54) is 12.5 Å². The first-order chi connectivity index (χ1) is 9.12. The second kappa shape index (κ2) is 5.94. The van der Waals surface area contributed by atoms with Crippen LogP contribution in [0.25, 0.3) is 11.5 Å². The summed E-state index contributed by atoms with van der Waals surface area (Å²) >= 11 is 0. The van der Waals surface area contributed by atoms with Gasteiger partial charge in [-0.2, -0.15) is 0 Å². The predicted molar refractivity (Wildman–Crippen MR) is 70.7 cm³/mol. The van der Waals surface area contributed by atoms with Crippen molar-refractivity contribution in [3.05, 3.63) is 36.5 Å². The Morgan fingerprint density at radius 1 is 1.32 bits per heavy atom. The van der Waals surface area contributed by atoms with E-state index in [0.29, 0.717) is 23.6 Å². The monoisotopic (exact) mass is 281 g/mol. The molecule has 0 aliphatic carbocycles.